The first kappa shape index (κ1) is 21.4. The van der Waals surface area contributed by atoms with Crippen molar-refractivity contribution in [1.82, 2.24) is 14.5 Å². The molecular formula is C19H22BrClN6O2. The lowest BCUT2D eigenvalue weighted by Crippen LogP contribution is -2.43. The maximum atomic E-state index is 12.7. The number of fused-ring (bicyclic) bond motifs is 1. The number of pyridine rings is 2. The Hall–Kier alpha value is -2.36. The summed E-state index contributed by atoms with van der Waals surface area (Å²) in [6.45, 7) is 1.64. The van der Waals surface area contributed by atoms with Crippen LogP contribution in [0.15, 0.2) is 40.0 Å². The monoisotopic (exact) mass is 480 g/mol. The molecule has 1 aliphatic rings. The van der Waals surface area contributed by atoms with Gasteiger partial charge in [0.05, 0.1) is 26.8 Å². The van der Waals surface area contributed by atoms with Crippen LogP contribution >= 0.6 is 28.3 Å². The predicted molar refractivity (Wildman–Crippen MR) is 120 cm³/mol. The number of halogens is 2. The van der Waals surface area contributed by atoms with Gasteiger partial charge in [-0.15, -0.1) is 12.4 Å². The number of nitrogens with zero attached hydrogens (tertiary/aromatic N) is 3. The van der Waals surface area contributed by atoms with Gasteiger partial charge in [-0.3, -0.25) is 9.59 Å². The topological polar surface area (TPSA) is 109 Å². The minimum atomic E-state index is -0.294. The van der Waals surface area contributed by atoms with Crippen molar-refractivity contribution in [1.29, 1.82) is 0 Å². The molecule has 3 aromatic heterocycles. The highest BCUT2D eigenvalue weighted by Gasteiger charge is 2.24. The summed E-state index contributed by atoms with van der Waals surface area (Å²) >= 11 is 3.61. The summed E-state index contributed by atoms with van der Waals surface area (Å²) in [5, 5.41) is 3.78. The fourth-order valence-corrected chi connectivity index (χ4v) is 4.15. The summed E-state index contributed by atoms with van der Waals surface area (Å²) in [4.78, 5) is 34.1. The van der Waals surface area contributed by atoms with Crippen molar-refractivity contribution in [2.45, 2.75) is 18.9 Å². The number of carbonyl (C=O) groups is 1. The number of nitrogens with two attached hydrogens (primary N) is 1. The van der Waals surface area contributed by atoms with E-state index in [2.05, 4.69) is 36.1 Å². The predicted octanol–water partition coefficient (Wildman–Crippen LogP) is 2.63. The molecular weight excluding hydrogens is 460 g/mol. The van der Waals surface area contributed by atoms with Crippen molar-refractivity contribution in [2.24, 2.45) is 12.8 Å². The smallest absolute Gasteiger partial charge is 0.257 e. The molecule has 1 saturated heterocycles. The summed E-state index contributed by atoms with van der Waals surface area (Å²) < 4.78 is 2.23. The Morgan fingerprint density at radius 3 is 2.93 bits per heavy atom. The van der Waals surface area contributed by atoms with E-state index < -0.39 is 0 Å². The van der Waals surface area contributed by atoms with Gasteiger partial charge in [-0.05, 0) is 34.8 Å². The standard InChI is InChI=1S/C19H21BrN6O2.ClH/c1-25-9-11(4-5-15(25)27)19(28)24-14-8-23-18-16(14)17(13(20)7-22-18)26-6-2-3-12(21)10-26;/h4-5,7-9,12H,2-3,6,10,21H2,1H3,(H,22,23)(H,24,28);1H. The number of anilines is 2. The van der Waals surface area contributed by atoms with Crippen molar-refractivity contribution < 1.29 is 4.79 Å². The minimum absolute atomic E-state index is 0. The zero-order chi connectivity index (χ0) is 19.8. The highest BCUT2D eigenvalue weighted by Crippen LogP contribution is 2.38. The van der Waals surface area contributed by atoms with E-state index in [1.165, 1.54) is 22.9 Å². The van der Waals surface area contributed by atoms with Gasteiger partial charge in [0.2, 0.25) is 5.56 Å². The number of aromatic amines is 1. The molecule has 154 valence electrons. The second-order valence-electron chi connectivity index (χ2n) is 7.05. The molecule has 4 N–H and O–H groups in total. The van der Waals surface area contributed by atoms with Crippen LogP contribution in [0.1, 0.15) is 23.2 Å². The number of hydrogen-bond donors (Lipinski definition) is 3. The summed E-state index contributed by atoms with van der Waals surface area (Å²) in [5.74, 6) is -0.294. The van der Waals surface area contributed by atoms with Crippen LogP contribution in [0.2, 0.25) is 0 Å². The summed E-state index contributed by atoms with van der Waals surface area (Å²) in [7, 11) is 1.61. The van der Waals surface area contributed by atoms with Gasteiger partial charge in [0, 0.05) is 50.8 Å². The quantitative estimate of drug-likeness (QED) is 0.533. The van der Waals surface area contributed by atoms with Crippen LogP contribution in [0.5, 0.6) is 0 Å². The van der Waals surface area contributed by atoms with Crippen LogP contribution in [0.4, 0.5) is 11.4 Å². The molecule has 0 spiro atoms. The summed E-state index contributed by atoms with van der Waals surface area (Å²) in [6, 6.07) is 3.01. The number of piperidine rings is 1. The Morgan fingerprint density at radius 2 is 2.21 bits per heavy atom. The van der Waals surface area contributed by atoms with Crippen LogP contribution < -0.4 is 21.5 Å². The number of aromatic nitrogens is 3. The number of rotatable bonds is 3. The molecule has 8 nitrogen and oxygen atoms in total. The van der Waals surface area contributed by atoms with Gasteiger partial charge in [0.15, 0.2) is 0 Å². The minimum Gasteiger partial charge on any atom is -0.368 e. The van der Waals surface area contributed by atoms with Crippen molar-refractivity contribution in [3.8, 4) is 0 Å². The van der Waals surface area contributed by atoms with Crippen molar-refractivity contribution in [3.05, 3.63) is 51.1 Å². The molecule has 0 aromatic carbocycles. The maximum Gasteiger partial charge on any atom is 0.257 e. The Morgan fingerprint density at radius 1 is 1.41 bits per heavy atom. The average Bonchev–Trinajstić information content (AvgIpc) is 3.06. The first-order chi connectivity index (χ1) is 13.4. The molecule has 1 aliphatic heterocycles. The third kappa shape index (κ3) is 4.17. The second kappa shape index (κ2) is 8.56. The van der Waals surface area contributed by atoms with E-state index in [0.29, 0.717) is 16.9 Å². The highest BCUT2D eigenvalue weighted by atomic mass is 79.9. The summed E-state index contributed by atoms with van der Waals surface area (Å²) in [6.07, 6.45) is 7.03. The molecule has 4 rings (SSSR count). The average molecular weight is 482 g/mol. The van der Waals surface area contributed by atoms with Crippen molar-refractivity contribution >= 4 is 56.7 Å². The van der Waals surface area contributed by atoms with Crippen LogP contribution in [0, 0.1) is 0 Å². The van der Waals surface area contributed by atoms with E-state index in [1.54, 1.807) is 19.4 Å². The largest absolute Gasteiger partial charge is 0.368 e. The number of H-pyrrole nitrogens is 1. The van der Waals surface area contributed by atoms with E-state index in [0.717, 1.165) is 41.5 Å². The van der Waals surface area contributed by atoms with Crippen LogP contribution in [0.3, 0.4) is 0 Å². The molecule has 1 amide bonds. The molecule has 4 heterocycles. The molecule has 1 fully saturated rings. The van der Waals surface area contributed by atoms with Crippen LogP contribution in [0.25, 0.3) is 11.0 Å². The first-order valence-corrected chi connectivity index (χ1v) is 9.87. The normalized spacial score (nSPS) is 16.5. The number of amides is 1. The van der Waals surface area contributed by atoms with Crippen molar-refractivity contribution in [3.63, 3.8) is 0 Å². The van der Waals surface area contributed by atoms with E-state index in [9.17, 15) is 9.59 Å². The van der Waals surface area contributed by atoms with Gasteiger partial charge in [0.1, 0.15) is 5.65 Å². The molecule has 3 aromatic rings. The lowest BCUT2D eigenvalue weighted by molar-refractivity contribution is 0.102. The van der Waals surface area contributed by atoms with E-state index in [-0.39, 0.29) is 29.9 Å². The fourth-order valence-electron chi connectivity index (χ4n) is 3.60. The number of carbonyl (C=O) groups excluding carboxylic acids is 1. The molecule has 1 unspecified atom stereocenters. The summed E-state index contributed by atoms with van der Waals surface area (Å²) in [5.41, 5.74) is 8.71. The lowest BCUT2D eigenvalue weighted by Gasteiger charge is -2.33. The van der Waals surface area contributed by atoms with Crippen molar-refractivity contribution in [2.75, 3.05) is 23.3 Å². The van der Waals surface area contributed by atoms with Gasteiger partial charge in [-0.2, -0.15) is 0 Å². The Kier molecular flexibility index (Phi) is 6.30. The van der Waals surface area contributed by atoms with E-state index >= 15 is 0 Å². The molecule has 0 aliphatic carbocycles. The lowest BCUT2D eigenvalue weighted by atomic mass is 10.1. The molecule has 10 heteroatoms. The highest BCUT2D eigenvalue weighted by molar-refractivity contribution is 9.10. The third-order valence-electron chi connectivity index (χ3n) is 5.00. The number of hydrogen-bond acceptors (Lipinski definition) is 5. The second-order valence-corrected chi connectivity index (χ2v) is 7.90. The zero-order valence-electron chi connectivity index (χ0n) is 15.8. The maximum absolute atomic E-state index is 12.7. The Labute approximate surface area is 182 Å². The third-order valence-corrected chi connectivity index (χ3v) is 5.58. The SMILES string of the molecule is Cl.Cn1cc(C(=O)Nc2c[nH]c3ncc(Br)c(N4CCCC(N)C4)c23)ccc1=O. The molecule has 29 heavy (non-hydrogen) atoms. The van der Waals surface area contributed by atoms with Gasteiger partial charge in [0.25, 0.3) is 5.91 Å². The van der Waals surface area contributed by atoms with Crippen LogP contribution in [-0.4, -0.2) is 39.6 Å². The van der Waals surface area contributed by atoms with Gasteiger partial charge >= 0.3 is 0 Å². The fraction of sp³-hybridized carbons (Fsp3) is 0.316. The first-order valence-electron chi connectivity index (χ1n) is 9.08. The molecule has 0 radical (unpaired) electrons. The zero-order valence-corrected chi connectivity index (χ0v) is 18.2. The van der Waals surface area contributed by atoms with Gasteiger partial charge in [-0.1, -0.05) is 0 Å². The molecule has 0 bridgehead atoms. The van der Waals surface area contributed by atoms with E-state index in [4.69, 9.17) is 5.73 Å². The number of aryl methyl sites for hydroxylation is 1. The Balaban J connectivity index is 0.00000240. The van der Waals surface area contributed by atoms with E-state index in [1.807, 2.05) is 0 Å². The van der Waals surface area contributed by atoms with Crippen LogP contribution in [-0.2, 0) is 7.05 Å². The molecule has 1 atom stereocenters. The number of nitrogens with one attached hydrogen (secondary N) is 2. The van der Waals surface area contributed by atoms with Gasteiger partial charge < -0.3 is 25.5 Å². The molecule has 0 saturated carbocycles. The Bertz CT molecular complexity index is 1110. The van der Waals surface area contributed by atoms with Gasteiger partial charge in [-0.25, -0.2) is 4.98 Å².